The Kier molecular flexibility index (Phi) is 2.04. The molecule has 0 aliphatic carbocycles. The van der Waals surface area contributed by atoms with Crippen LogP contribution in [-0.2, 0) is 0 Å². The molecule has 13 heavy (non-hydrogen) atoms. The maximum Gasteiger partial charge on any atom is 0.123 e. The quantitative estimate of drug-likeness (QED) is 0.813. The monoisotopic (exact) mass is 239 g/mol. The number of ether oxygens (including phenoxy) is 1. The van der Waals surface area contributed by atoms with Gasteiger partial charge in [0, 0.05) is 21.6 Å². The molecule has 0 bridgehead atoms. The summed E-state index contributed by atoms with van der Waals surface area (Å²) < 4.78 is 6.32. The molecule has 0 fully saturated rings. The Morgan fingerprint density at radius 1 is 1.38 bits per heavy atom. The van der Waals surface area contributed by atoms with Crippen LogP contribution in [0.4, 0.5) is 0 Å². The predicted octanol–water partition coefficient (Wildman–Crippen LogP) is 3.25. The first-order valence-corrected chi connectivity index (χ1v) is 4.83. The van der Waals surface area contributed by atoms with Crippen molar-refractivity contribution in [2.45, 2.75) is 6.92 Å². The first-order chi connectivity index (χ1) is 6.24. The first kappa shape index (κ1) is 8.63. The zero-order chi connectivity index (χ0) is 9.42. The largest absolute Gasteiger partial charge is 0.496 e. The SMILES string of the molecule is COc1ccc2c(Br)c[nH]c2c1C. The number of halogens is 1. The Balaban J connectivity index is 2.80. The van der Waals surface area contributed by atoms with Gasteiger partial charge in [-0.25, -0.2) is 0 Å². The summed E-state index contributed by atoms with van der Waals surface area (Å²) in [5.41, 5.74) is 2.27. The number of fused-ring (bicyclic) bond motifs is 1. The number of nitrogens with one attached hydrogen (secondary N) is 1. The fourth-order valence-electron chi connectivity index (χ4n) is 1.51. The average molecular weight is 240 g/mol. The molecule has 0 amide bonds. The number of rotatable bonds is 1. The highest BCUT2D eigenvalue weighted by Gasteiger charge is 2.06. The van der Waals surface area contributed by atoms with Crippen LogP contribution in [0.2, 0.25) is 0 Å². The number of aromatic amines is 1. The van der Waals surface area contributed by atoms with E-state index in [0.29, 0.717) is 0 Å². The van der Waals surface area contributed by atoms with E-state index in [0.717, 1.165) is 21.3 Å². The van der Waals surface area contributed by atoms with Crippen molar-refractivity contribution in [3.63, 3.8) is 0 Å². The van der Waals surface area contributed by atoms with Crippen molar-refractivity contribution in [2.75, 3.05) is 7.11 Å². The minimum absolute atomic E-state index is 0.918. The molecule has 0 aliphatic rings. The summed E-state index contributed by atoms with van der Waals surface area (Å²) in [6, 6.07) is 4.03. The molecule has 0 spiro atoms. The lowest BCUT2D eigenvalue weighted by molar-refractivity contribution is 0.412. The molecule has 0 saturated carbocycles. The van der Waals surface area contributed by atoms with Gasteiger partial charge in [0.2, 0.25) is 0 Å². The van der Waals surface area contributed by atoms with Crippen molar-refractivity contribution in [1.82, 2.24) is 4.98 Å². The van der Waals surface area contributed by atoms with Crippen LogP contribution in [0.15, 0.2) is 22.8 Å². The van der Waals surface area contributed by atoms with E-state index < -0.39 is 0 Å². The van der Waals surface area contributed by atoms with Gasteiger partial charge in [0.1, 0.15) is 5.75 Å². The van der Waals surface area contributed by atoms with Gasteiger partial charge in [-0.1, -0.05) is 0 Å². The van der Waals surface area contributed by atoms with Gasteiger partial charge in [-0.15, -0.1) is 0 Å². The highest BCUT2D eigenvalue weighted by Crippen LogP contribution is 2.30. The summed E-state index contributed by atoms with van der Waals surface area (Å²) in [5.74, 6) is 0.918. The summed E-state index contributed by atoms with van der Waals surface area (Å²) in [6.07, 6.45) is 1.94. The lowest BCUT2D eigenvalue weighted by Gasteiger charge is -2.04. The van der Waals surface area contributed by atoms with E-state index in [1.54, 1.807) is 7.11 Å². The summed E-state index contributed by atoms with van der Waals surface area (Å²) in [7, 11) is 1.69. The average Bonchev–Trinajstić information content (AvgIpc) is 2.50. The molecule has 0 atom stereocenters. The van der Waals surface area contributed by atoms with E-state index in [1.807, 2.05) is 25.3 Å². The van der Waals surface area contributed by atoms with E-state index in [4.69, 9.17) is 4.74 Å². The number of aromatic nitrogens is 1. The van der Waals surface area contributed by atoms with Crippen molar-refractivity contribution in [3.05, 3.63) is 28.4 Å². The maximum atomic E-state index is 5.23. The van der Waals surface area contributed by atoms with Crippen molar-refractivity contribution < 1.29 is 4.74 Å². The smallest absolute Gasteiger partial charge is 0.123 e. The lowest BCUT2D eigenvalue weighted by Crippen LogP contribution is -1.87. The molecule has 3 heteroatoms. The van der Waals surface area contributed by atoms with Crippen LogP contribution in [0.25, 0.3) is 10.9 Å². The molecular formula is C10H10BrNO. The van der Waals surface area contributed by atoms with Gasteiger partial charge in [-0.2, -0.15) is 0 Å². The van der Waals surface area contributed by atoms with Gasteiger partial charge in [0.25, 0.3) is 0 Å². The number of benzene rings is 1. The van der Waals surface area contributed by atoms with Crippen LogP contribution in [-0.4, -0.2) is 12.1 Å². The van der Waals surface area contributed by atoms with Crippen LogP contribution < -0.4 is 4.74 Å². The molecule has 0 radical (unpaired) electrons. The molecule has 1 aromatic heterocycles. The molecule has 0 saturated heterocycles. The van der Waals surface area contributed by atoms with E-state index in [-0.39, 0.29) is 0 Å². The second-order valence-corrected chi connectivity index (χ2v) is 3.81. The Morgan fingerprint density at radius 2 is 2.15 bits per heavy atom. The molecule has 2 aromatic rings. The lowest BCUT2D eigenvalue weighted by atomic mass is 10.1. The van der Waals surface area contributed by atoms with Gasteiger partial charge in [0.05, 0.1) is 12.6 Å². The predicted molar refractivity (Wildman–Crippen MR) is 57.3 cm³/mol. The summed E-state index contributed by atoms with van der Waals surface area (Å²) in [4.78, 5) is 3.20. The number of hydrogen-bond acceptors (Lipinski definition) is 1. The zero-order valence-corrected chi connectivity index (χ0v) is 9.10. The molecule has 2 rings (SSSR count). The van der Waals surface area contributed by atoms with Crippen molar-refractivity contribution in [1.29, 1.82) is 0 Å². The van der Waals surface area contributed by atoms with Crippen LogP contribution in [0.5, 0.6) is 5.75 Å². The fourth-order valence-corrected chi connectivity index (χ4v) is 1.96. The molecule has 1 N–H and O–H groups in total. The fraction of sp³-hybridized carbons (Fsp3) is 0.200. The van der Waals surface area contributed by atoms with Crippen LogP contribution >= 0.6 is 15.9 Å². The molecule has 68 valence electrons. The third-order valence-corrected chi connectivity index (χ3v) is 2.89. The number of hydrogen-bond donors (Lipinski definition) is 1. The van der Waals surface area contributed by atoms with Gasteiger partial charge in [-0.3, -0.25) is 0 Å². The number of H-pyrrole nitrogens is 1. The highest BCUT2D eigenvalue weighted by atomic mass is 79.9. The Bertz CT molecular complexity index is 447. The molecule has 1 aromatic carbocycles. The van der Waals surface area contributed by atoms with Crippen LogP contribution in [0, 0.1) is 6.92 Å². The topological polar surface area (TPSA) is 25.0 Å². The van der Waals surface area contributed by atoms with E-state index in [1.165, 1.54) is 5.39 Å². The van der Waals surface area contributed by atoms with Gasteiger partial charge >= 0.3 is 0 Å². The number of methoxy groups -OCH3 is 1. The van der Waals surface area contributed by atoms with Gasteiger partial charge in [0.15, 0.2) is 0 Å². The van der Waals surface area contributed by atoms with Crippen molar-refractivity contribution in [3.8, 4) is 5.75 Å². The molecule has 0 unspecified atom stereocenters. The second-order valence-electron chi connectivity index (χ2n) is 2.95. The Hall–Kier alpha value is -0.960. The highest BCUT2D eigenvalue weighted by molar-refractivity contribution is 9.10. The third kappa shape index (κ3) is 1.23. The van der Waals surface area contributed by atoms with Gasteiger partial charge < -0.3 is 9.72 Å². The Labute approximate surface area is 85.0 Å². The van der Waals surface area contributed by atoms with Crippen LogP contribution in [0.3, 0.4) is 0 Å². The van der Waals surface area contributed by atoms with Gasteiger partial charge in [-0.05, 0) is 35.0 Å². The minimum Gasteiger partial charge on any atom is -0.496 e. The molecule has 1 heterocycles. The minimum atomic E-state index is 0.918. The summed E-state index contributed by atoms with van der Waals surface area (Å²) in [6.45, 7) is 2.05. The normalized spacial score (nSPS) is 10.7. The Morgan fingerprint density at radius 3 is 2.85 bits per heavy atom. The second kappa shape index (κ2) is 3.07. The summed E-state index contributed by atoms with van der Waals surface area (Å²) in [5, 5.41) is 1.19. The molecular weight excluding hydrogens is 230 g/mol. The van der Waals surface area contributed by atoms with E-state index in [9.17, 15) is 0 Å². The first-order valence-electron chi connectivity index (χ1n) is 4.04. The van der Waals surface area contributed by atoms with Crippen molar-refractivity contribution in [2.24, 2.45) is 0 Å². The molecule has 2 nitrogen and oxygen atoms in total. The zero-order valence-electron chi connectivity index (χ0n) is 7.52. The molecule has 0 aliphatic heterocycles. The standard InChI is InChI=1S/C10H10BrNO/c1-6-9(13-2)4-3-7-8(11)5-12-10(6)7/h3-5,12H,1-2H3. The number of aryl methyl sites for hydroxylation is 1. The maximum absolute atomic E-state index is 5.23. The van der Waals surface area contributed by atoms with E-state index in [2.05, 4.69) is 20.9 Å². The van der Waals surface area contributed by atoms with Crippen molar-refractivity contribution >= 4 is 26.8 Å². The van der Waals surface area contributed by atoms with E-state index >= 15 is 0 Å². The van der Waals surface area contributed by atoms with Crippen LogP contribution in [0.1, 0.15) is 5.56 Å². The third-order valence-electron chi connectivity index (χ3n) is 2.24. The summed E-state index contributed by atoms with van der Waals surface area (Å²) >= 11 is 3.48.